The van der Waals surface area contributed by atoms with Crippen LogP contribution < -0.4 is 10.6 Å². The fraction of sp³-hybridized carbons (Fsp3) is 0.364. The SMILES string of the molecule is CCN(C(=O)C(Cc1ccc(O)cc1)NC(=O)OC(C)(C)C)C(C(=O)Nc1ccccc1C)c1cc(C)ccc1C. The normalized spacial score (nSPS) is 12.7. The first-order valence-electron chi connectivity index (χ1n) is 13.8. The zero-order valence-corrected chi connectivity index (χ0v) is 24.9. The number of aryl methyl sites for hydroxylation is 3. The average Bonchev–Trinajstić information content (AvgIpc) is 2.89. The van der Waals surface area contributed by atoms with Crippen LogP contribution in [0.1, 0.15) is 61.6 Å². The summed E-state index contributed by atoms with van der Waals surface area (Å²) >= 11 is 0. The second-order valence-corrected chi connectivity index (χ2v) is 11.3. The maximum atomic E-state index is 14.3. The third-order valence-electron chi connectivity index (χ3n) is 6.68. The fourth-order valence-electron chi connectivity index (χ4n) is 4.60. The van der Waals surface area contributed by atoms with Crippen molar-refractivity contribution in [3.63, 3.8) is 0 Å². The summed E-state index contributed by atoms with van der Waals surface area (Å²) in [5.41, 5.74) is 4.02. The Hall–Kier alpha value is -4.33. The number of likely N-dealkylation sites (N-methyl/N-ethyl adjacent to an activating group) is 1. The molecule has 0 aromatic heterocycles. The first kappa shape index (κ1) is 31.2. The number of rotatable bonds is 9. The van der Waals surface area contributed by atoms with E-state index in [0.29, 0.717) is 11.3 Å². The molecule has 0 saturated carbocycles. The predicted molar refractivity (Wildman–Crippen MR) is 161 cm³/mol. The second-order valence-electron chi connectivity index (χ2n) is 11.3. The van der Waals surface area contributed by atoms with E-state index in [4.69, 9.17) is 4.74 Å². The molecule has 0 aliphatic rings. The molecule has 8 nitrogen and oxygen atoms in total. The Morgan fingerprint density at radius 2 is 1.59 bits per heavy atom. The molecule has 41 heavy (non-hydrogen) atoms. The van der Waals surface area contributed by atoms with Crippen LogP contribution in [0.3, 0.4) is 0 Å². The van der Waals surface area contributed by atoms with Gasteiger partial charge in [-0.25, -0.2) is 4.79 Å². The highest BCUT2D eigenvalue weighted by molar-refractivity contribution is 5.99. The van der Waals surface area contributed by atoms with Crippen molar-refractivity contribution in [3.8, 4) is 5.75 Å². The third kappa shape index (κ3) is 8.58. The van der Waals surface area contributed by atoms with Gasteiger partial charge in [-0.15, -0.1) is 0 Å². The number of para-hydroxylation sites is 1. The van der Waals surface area contributed by atoms with Crippen molar-refractivity contribution in [1.82, 2.24) is 10.2 Å². The largest absolute Gasteiger partial charge is 0.508 e. The highest BCUT2D eigenvalue weighted by Crippen LogP contribution is 2.29. The number of benzene rings is 3. The van der Waals surface area contributed by atoms with Crippen molar-refractivity contribution in [1.29, 1.82) is 0 Å². The molecular weight excluding hydrogens is 518 g/mol. The van der Waals surface area contributed by atoms with Gasteiger partial charge in [0.15, 0.2) is 0 Å². The minimum Gasteiger partial charge on any atom is -0.508 e. The van der Waals surface area contributed by atoms with E-state index in [1.54, 1.807) is 32.9 Å². The lowest BCUT2D eigenvalue weighted by molar-refractivity contribution is -0.140. The van der Waals surface area contributed by atoms with Crippen molar-refractivity contribution >= 4 is 23.6 Å². The van der Waals surface area contributed by atoms with Crippen LogP contribution in [-0.4, -0.2) is 46.1 Å². The lowest BCUT2D eigenvalue weighted by Gasteiger charge is -2.34. The molecule has 0 heterocycles. The van der Waals surface area contributed by atoms with Crippen LogP contribution in [-0.2, 0) is 20.7 Å². The zero-order chi connectivity index (χ0) is 30.3. The number of hydrogen-bond donors (Lipinski definition) is 3. The van der Waals surface area contributed by atoms with Crippen molar-refractivity contribution in [3.05, 3.63) is 94.5 Å². The van der Waals surface area contributed by atoms with Gasteiger partial charge < -0.3 is 25.4 Å². The molecule has 218 valence electrons. The molecule has 0 saturated heterocycles. The smallest absolute Gasteiger partial charge is 0.408 e. The van der Waals surface area contributed by atoms with Crippen LogP contribution in [0.4, 0.5) is 10.5 Å². The Labute approximate surface area is 242 Å². The topological polar surface area (TPSA) is 108 Å². The molecule has 0 bridgehead atoms. The number of nitrogens with zero attached hydrogens (tertiary/aromatic N) is 1. The minimum atomic E-state index is -1.03. The van der Waals surface area contributed by atoms with E-state index in [-0.39, 0.29) is 24.6 Å². The third-order valence-corrected chi connectivity index (χ3v) is 6.68. The summed E-state index contributed by atoms with van der Waals surface area (Å²) in [5.74, 6) is -0.698. The minimum absolute atomic E-state index is 0.0924. The van der Waals surface area contributed by atoms with Crippen LogP contribution in [0.15, 0.2) is 66.7 Å². The monoisotopic (exact) mass is 559 g/mol. The Kier molecular flexibility index (Phi) is 10.2. The highest BCUT2D eigenvalue weighted by atomic mass is 16.6. The maximum absolute atomic E-state index is 14.3. The molecule has 2 atom stereocenters. The van der Waals surface area contributed by atoms with Crippen LogP contribution in [0.25, 0.3) is 0 Å². The van der Waals surface area contributed by atoms with E-state index in [9.17, 15) is 19.5 Å². The summed E-state index contributed by atoms with van der Waals surface area (Å²) in [6.45, 7) is 13.0. The summed E-state index contributed by atoms with van der Waals surface area (Å²) in [6, 6.07) is 17.7. The molecule has 0 aliphatic carbocycles. The van der Waals surface area contributed by atoms with Gasteiger partial charge in [-0.05, 0) is 88.9 Å². The number of aromatic hydroxyl groups is 1. The lowest BCUT2D eigenvalue weighted by atomic mass is 9.95. The van der Waals surface area contributed by atoms with Crippen molar-refractivity contribution < 1.29 is 24.2 Å². The van der Waals surface area contributed by atoms with Gasteiger partial charge in [0.25, 0.3) is 5.91 Å². The average molecular weight is 560 g/mol. The van der Waals surface area contributed by atoms with Gasteiger partial charge in [-0.1, -0.05) is 54.1 Å². The maximum Gasteiger partial charge on any atom is 0.408 e. The molecule has 0 aliphatic heterocycles. The number of nitrogens with one attached hydrogen (secondary N) is 2. The summed E-state index contributed by atoms with van der Waals surface area (Å²) in [4.78, 5) is 42.7. The Bertz CT molecular complexity index is 1380. The molecule has 2 unspecified atom stereocenters. The second kappa shape index (κ2) is 13.4. The predicted octanol–water partition coefficient (Wildman–Crippen LogP) is 5.98. The number of carbonyl (C=O) groups excluding carboxylic acids is 3. The lowest BCUT2D eigenvalue weighted by Crippen LogP contribution is -2.53. The van der Waals surface area contributed by atoms with Gasteiger partial charge in [0.05, 0.1) is 0 Å². The quantitative estimate of drug-likeness (QED) is 0.299. The molecular formula is C33H41N3O5. The number of ether oxygens (including phenoxy) is 1. The van der Waals surface area contributed by atoms with Crippen LogP contribution >= 0.6 is 0 Å². The first-order chi connectivity index (χ1) is 19.3. The van der Waals surface area contributed by atoms with Crippen LogP contribution in [0.2, 0.25) is 0 Å². The number of hydrogen-bond acceptors (Lipinski definition) is 5. The number of anilines is 1. The molecule has 3 aromatic rings. The van der Waals surface area contributed by atoms with Crippen molar-refractivity contribution in [2.45, 2.75) is 72.6 Å². The van der Waals surface area contributed by atoms with Crippen molar-refractivity contribution in [2.75, 3.05) is 11.9 Å². The summed E-state index contributed by atoms with van der Waals surface area (Å²) in [6.07, 6.45) is -0.605. The van der Waals surface area contributed by atoms with Crippen LogP contribution in [0, 0.1) is 20.8 Å². The van der Waals surface area contributed by atoms with Gasteiger partial charge in [0, 0.05) is 18.7 Å². The molecule has 0 radical (unpaired) electrons. The van der Waals surface area contributed by atoms with E-state index in [1.165, 1.54) is 17.0 Å². The van der Waals surface area contributed by atoms with Gasteiger partial charge >= 0.3 is 6.09 Å². The summed E-state index contributed by atoms with van der Waals surface area (Å²) in [5, 5.41) is 15.5. The standard InChI is InChI=1S/C33H41N3O5/c1-8-36(31(39)28(35-32(40)41-33(5,6)7)20-24-15-17-25(37)18-16-24)29(26-19-21(2)13-14-22(26)3)30(38)34-27-12-10-9-11-23(27)4/h9-19,28-29,37H,8,20H2,1-7H3,(H,34,38)(H,35,40). The first-order valence-corrected chi connectivity index (χ1v) is 13.8. The molecule has 8 heteroatoms. The number of amides is 3. The van der Waals surface area contributed by atoms with E-state index in [1.807, 2.05) is 70.2 Å². The molecule has 0 fully saturated rings. The highest BCUT2D eigenvalue weighted by Gasteiger charge is 2.36. The molecule has 3 amide bonds. The summed E-state index contributed by atoms with van der Waals surface area (Å²) in [7, 11) is 0. The Balaban J connectivity index is 2.05. The van der Waals surface area contributed by atoms with Crippen LogP contribution in [0.5, 0.6) is 5.75 Å². The number of alkyl carbamates (subject to hydrolysis) is 1. The molecule has 0 spiro atoms. The molecule has 3 rings (SSSR count). The van der Waals surface area contributed by atoms with E-state index in [0.717, 1.165) is 22.3 Å². The number of phenols is 1. The van der Waals surface area contributed by atoms with E-state index >= 15 is 0 Å². The van der Waals surface area contributed by atoms with Gasteiger partial charge in [-0.3, -0.25) is 9.59 Å². The number of phenolic OH excluding ortho intramolecular Hbond substituents is 1. The number of carbonyl (C=O) groups is 3. The molecule has 3 aromatic carbocycles. The van der Waals surface area contributed by atoms with Gasteiger partial charge in [-0.2, -0.15) is 0 Å². The zero-order valence-electron chi connectivity index (χ0n) is 24.9. The van der Waals surface area contributed by atoms with E-state index in [2.05, 4.69) is 10.6 Å². The molecule has 3 N–H and O–H groups in total. The Morgan fingerprint density at radius 1 is 0.927 bits per heavy atom. The Morgan fingerprint density at radius 3 is 2.20 bits per heavy atom. The van der Waals surface area contributed by atoms with Gasteiger partial charge in [0.2, 0.25) is 5.91 Å². The fourth-order valence-corrected chi connectivity index (χ4v) is 4.60. The summed E-state index contributed by atoms with van der Waals surface area (Å²) < 4.78 is 5.47. The van der Waals surface area contributed by atoms with Gasteiger partial charge in [0.1, 0.15) is 23.4 Å². The van der Waals surface area contributed by atoms with Crippen molar-refractivity contribution in [2.24, 2.45) is 0 Å². The van der Waals surface area contributed by atoms with E-state index < -0.39 is 29.7 Å².